The molecule has 3 atom stereocenters. The third-order valence-electron chi connectivity index (χ3n) is 8.16. The number of likely N-dealkylation sites (tertiary alicyclic amines) is 1. The molecule has 0 aromatic carbocycles. The van der Waals surface area contributed by atoms with E-state index in [0.29, 0.717) is 35.6 Å². The number of aromatic amines is 1. The molecule has 3 aromatic heterocycles. The quantitative estimate of drug-likeness (QED) is 0.586. The van der Waals surface area contributed by atoms with Gasteiger partial charge in [0.15, 0.2) is 17.3 Å². The van der Waals surface area contributed by atoms with Crippen LogP contribution in [0.5, 0.6) is 5.88 Å². The van der Waals surface area contributed by atoms with Crippen LogP contribution in [0.3, 0.4) is 0 Å². The zero-order valence-corrected chi connectivity index (χ0v) is 20.4. The van der Waals surface area contributed by atoms with Crippen molar-refractivity contribution < 1.29 is 14.1 Å². The van der Waals surface area contributed by atoms with E-state index in [0.717, 1.165) is 68.5 Å². The number of aromatic nitrogens is 5. The largest absolute Gasteiger partial charge is 0.473 e. The summed E-state index contributed by atoms with van der Waals surface area (Å²) in [5.74, 6) is 1.99. The van der Waals surface area contributed by atoms with Crippen molar-refractivity contribution in [3.05, 3.63) is 29.7 Å². The van der Waals surface area contributed by atoms with Gasteiger partial charge in [-0.1, -0.05) is 11.6 Å². The number of nitrogens with one attached hydrogen (secondary N) is 1. The average Bonchev–Trinajstić information content (AvgIpc) is 3.62. The van der Waals surface area contributed by atoms with E-state index in [1.807, 2.05) is 12.1 Å². The van der Waals surface area contributed by atoms with Gasteiger partial charge in [0.2, 0.25) is 5.88 Å². The molecular formula is C26H32N6O3. The Morgan fingerprint density at radius 2 is 2.09 bits per heavy atom. The van der Waals surface area contributed by atoms with E-state index in [2.05, 4.69) is 34.2 Å². The Hall–Kier alpha value is -3.07. The maximum atomic E-state index is 13.1. The lowest BCUT2D eigenvalue weighted by atomic mass is 9.64. The number of carbonyl (C=O) groups excluding carboxylic acids is 1. The number of fused-ring (bicyclic) bond motifs is 2. The van der Waals surface area contributed by atoms with E-state index in [-0.39, 0.29) is 11.9 Å². The van der Waals surface area contributed by atoms with Crippen LogP contribution in [0.1, 0.15) is 69.6 Å². The molecule has 1 saturated carbocycles. The summed E-state index contributed by atoms with van der Waals surface area (Å²) >= 11 is 0. The summed E-state index contributed by atoms with van der Waals surface area (Å²) in [7, 11) is 2.14. The van der Waals surface area contributed by atoms with Gasteiger partial charge in [-0.15, -0.1) is 0 Å². The van der Waals surface area contributed by atoms with Crippen LogP contribution in [0.15, 0.2) is 22.9 Å². The van der Waals surface area contributed by atoms with Crippen LogP contribution in [0.2, 0.25) is 0 Å². The molecule has 0 bridgehead atoms. The third-order valence-corrected chi connectivity index (χ3v) is 8.16. The Labute approximate surface area is 204 Å². The molecule has 0 unspecified atom stereocenters. The second-order valence-corrected chi connectivity index (χ2v) is 10.3. The molecule has 0 amide bonds. The molecule has 2 aliphatic carbocycles. The number of ether oxygens (including phenoxy) is 1. The van der Waals surface area contributed by atoms with Gasteiger partial charge in [-0.2, -0.15) is 10.1 Å². The molecule has 1 saturated heterocycles. The molecule has 9 nitrogen and oxygen atoms in total. The predicted molar refractivity (Wildman–Crippen MR) is 129 cm³/mol. The molecule has 6 rings (SSSR count). The highest BCUT2D eigenvalue weighted by Gasteiger charge is 2.48. The molecule has 3 aliphatic rings. The fourth-order valence-corrected chi connectivity index (χ4v) is 6.29. The summed E-state index contributed by atoms with van der Waals surface area (Å²) in [5.41, 5.74) is 2.53. The average molecular weight is 477 g/mol. The van der Waals surface area contributed by atoms with Crippen molar-refractivity contribution in [3.63, 3.8) is 0 Å². The highest BCUT2D eigenvalue weighted by molar-refractivity contribution is 5.91. The van der Waals surface area contributed by atoms with E-state index in [4.69, 9.17) is 19.2 Å². The summed E-state index contributed by atoms with van der Waals surface area (Å²) in [6.07, 6.45) is 9.99. The highest BCUT2D eigenvalue weighted by Crippen LogP contribution is 2.47. The predicted octanol–water partition coefficient (Wildman–Crippen LogP) is 4.10. The van der Waals surface area contributed by atoms with E-state index in [1.165, 1.54) is 6.42 Å². The van der Waals surface area contributed by atoms with Crippen LogP contribution in [0, 0.1) is 0 Å². The highest BCUT2D eigenvalue weighted by atomic mass is 16.5. The lowest BCUT2D eigenvalue weighted by Gasteiger charge is -2.36. The Balaban J connectivity index is 1.40. The molecule has 4 heterocycles. The number of ketones is 1. The molecule has 3 aromatic rings. The molecule has 184 valence electrons. The van der Waals surface area contributed by atoms with Crippen LogP contribution in [0.4, 0.5) is 0 Å². The van der Waals surface area contributed by atoms with Crippen molar-refractivity contribution in [2.45, 2.75) is 82.3 Å². The van der Waals surface area contributed by atoms with Crippen molar-refractivity contribution in [2.24, 2.45) is 0 Å². The van der Waals surface area contributed by atoms with Crippen LogP contribution >= 0.6 is 0 Å². The van der Waals surface area contributed by atoms with Gasteiger partial charge in [0.25, 0.3) is 0 Å². The second kappa shape index (κ2) is 8.86. The Morgan fingerprint density at radius 1 is 1.20 bits per heavy atom. The summed E-state index contributed by atoms with van der Waals surface area (Å²) < 4.78 is 12.3. The third kappa shape index (κ3) is 3.86. The minimum Gasteiger partial charge on any atom is -0.473 e. The number of rotatable bonds is 5. The zero-order chi connectivity index (χ0) is 24.0. The molecule has 0 radical (unpaired) electrons. The molecule has 1 aliphatic heterocycles. The van der Waals surface area contributed by atoms with Crippen LogP contribution < -0.4 is 4.74 Å². The number of likely N-dealkylation sites (N-methyl/N-ethyl adjacent to an activating group) is 1. The van der Waals surface area contributed by atoms with Crippen molar-refractivity contribution in [3.8, 4) is 28.8 Å². The summed E-state index contributed by atoms with van der Waals surface area (Å²) in [6, 6.07) is 4.07. The SMILES string of the molecule is C[C@H](Oc1cc(-c2ccn[nH]2)nc(-c2noc3c2CCC[C@@]32CCCCC2=O)n1)[C@@H]1CCCN1C. The molecule has 35 heavy (non-hydrogen) atoms. The van der Waals surface area contributed by atoms with Gasteiger partial charge in [0.05, 0.1) is 16.8 Å². The van der Waals surface area contributed by atoms with E-state index < -0.39 is 5.41 Å². The first-order valence-electron chi connectivity index (χ1n) is 12.8. The maximum Gasteiger partial charge on any atom is 0.217 e. The van der Waals surface area contributed by atoms with Crippen molar-refractivity contribution >= 4 is 5.78 Å². The van der Waals surface area contributed by atoms with E-state index >= 15 is 0 Å². The zero-order valence-electron chi connectivity index (χ0n) is 20.4. The Morgan fingerprint density at radius 3 is 2.86 bits per heavy atom. The molecule has 9 heteroatoms. The first-order valence-corrected chi connectivity index (χ1v) is 12.8. The summed E-state index contributed by atoms with van der Waals surface area (Å²) in [4.78, 5) is 25.0. The monoisotopic (exact) mass is 476 g/mol. The molecule has 2 fully saturated rings. The van der Waals surface area contributed by atoms with E-state index in [1.54, 1.807) is 6.20 Å². The van der Waals surface area contributed by atoms with Gasteiger partial charge in [-0.3, -0.25) is 14.8 Å². The lowest BCUT2D eigenvalue weighted by Crippen LogP contribution is -2.41. The molecule has 1 N–H and O–H groups in total. The van der Waals surface area contributed by atoms with Crippen molar-refractivity contribution in [2.75, 3.05) is 13.6 Å². The first kappa shape index (κ1) is 22.4. The number of Topliss-reactive ketones (excluding diaryl/α,β-unsaturated/α-hetero) is 1. The van der Waals surface area contributed by atoms with Gasteiger partial charge in [0.1, 0.15) is 11.9 Å². The van der Waals surface area contributed by atoms with Crippen LogP contribution in [-0.4, -0.2) is 61.7 Å². The normalized spacial score (nSPS) is 25.7. The number of H-pyrrole nitrogens is 1. The van der Waals surface area contributed by atoms with Gasteiger partial charge in [0, 0.05) is 30.3 Å². The fraction of sp³-hybridized carbons (Fsp3) is 0.577. The minimum absolute atomic E-state index is 0.0192. The van der Waals surface area contributed by atoms with Gasteiger partial charge in [-0.25, -0.2) is 4.98 Å². The van der Waals surface area contributed by atoms with Crippen molar-refractivity contribution in [1.29, 1.82) is 0 Å². The van der Waals surface area contributed by atoms with Gasteiger partial charge >= 0.3 is 0 Å². The van der Waals surface area contributed by atoms with Crippen LogP contribution in [0.25, 0.3) is 22.9 Å². The first-order chi connectivity index (χ1) is 17.0. The second-order valence-electron chi connectivity index (χ2n) is 10.3. The molecule has 1 spiro atoms. The smallest absolute Gasteiger partial charge is 0.217 e. The molecular weight excluding hydrogens is 444 g/mol. The van der Waals surface area contributed by atoms with Crippen LogP contribution in [-0.2, 0) is 16.6 Å². The summed E-state index contributed by atoms with van der Waals surface area (Å²) in [6.45, 7) is 3.18. The van der Waals surface area contributed by atoms with E-state index in [9.17, 15) is 4.79 Å². The Kier molecular flexibility index (Phi) is 5.67. The van der Waals surface area contributed by atoms with Gasteiger partial charge in [-0.05, 0) is 71.5 Å². The number of nitrogens with zero attached hydrogens (tertiary/aromatic N) is 5. The minimum atomic E-state index is -0.529. The van der Waals surface area contributed by atoms with Crippen molar-refractivity contribution in [1.82, 2.24) is 30.2 Å². The van der Waals surface area contributed by atoms with Gasteiger partial charge < -0.3 is 9.26 Å². The lowest BCUT2D eigenvalue weighted by molar-refractivity contribution is -0.128. The standard InChI is InChI=1S/C26H32N6O3/c1-16(20-8-6-14-32(20)2)34-22-15-19(18-10-13-27-30-18)28-25(29-22)23-17-7-5-12-26(24(17)35-31-23)11-4-3-9-21(26)33/h10,13,15-16,20H,3-9,11-12,14H2,1-2H3,(H,27,30)/t16-,20-,26+/m0/s1. The topological polar surface area (TPSA) is 110 Å². The number of hydrogen-bond donors (Lipinski definition) is 1. The summed E-state index contributed by atoms with van der Waals surface area (Å²) in [5, 5.41) is 11.5. The Bertz CT molecular complexity index is 1220. The number of hydrogen-bond acceptors (Lipinski definition) is 8. The fourth-order valence-electron chi connectivity index (χ4n) is 6.29. The maximum absolute atomic E-state index is 13.1. The number of carbonyl (C=O) groups is 1.